The van der Waals surface area contributed by atoms with Crippen LogP contribution in [0.15, 0.2) is 36.4 Å². The molecule has 1 fully saturated rings. The van der Waals surface area contributed by atoms with E-state index in [1.165, 1.54) is 0 Å². The van der Waals surface area contributed by atoms with Crippen molar-refractivity contribution in [1.82, 2.24) is 20.3 Å². The van der Waals surface area contributed by atoms with E-state index in [-0.39, 0.29) is 11.9 Å². The second kappa shape index (κ2) is 10.1. The highest BCUT2D eigenvalue weighted by atomic mass is 35.5. The number of carbonyl (C=O) groups excluding carboxylic acids is 1. The first-order chi connectivity index (χ1) is 15.5. The molecule has 1 aliphatic rings. The zero-order chi connectivity index (χ0) is 22.5. The molecule has 3 aromatic rings. The van der Waals surface area contributed by atoms with Gasteiger partial charge in [0.15, 0.2) is 5.82 Å². The summed E-state index contributed by atoms with van der Waals surface area (Å²) < 4.78 is 0. The maximum Gasteiger partial charge on any atom is 0.248 e. The van der Waals surface area contributed by atoms with E-state index in [1.807, 2.05) is 23.1 Å². The Kier molecular flexibility index (Phi) is 7.02. The topological polar surface area (TPSA) is 109 Å². The van der Waals surface area contributed by atoms with Gasteiger partial charge in [-0.3, -0.25) is 4.79 Å². The van der Waals surface area contributed by atoms with E-state index >= 15 is 0 Å². The fourth-order valence-corrected chi connectivity index (χ4v) is 4.13. The van der Waals surface area contributed by atoms with Gasteiger partial charge >= 0.3 is 0 Å². The molecule has 1 aromatic carbocycles. The second-order valence-electron chi connectivity index (χ2n) is 7.95. The van der Waals surface area contributed by atoms with Crippen molar-refractivity contribution in [1.29, 1.82) is 0 Å². The molecule has 0 bridgehead atoms. The number of pyridine rings is 1. The van der Waals surface area contributed by atoms with Crippen molar-refractivity contribution in [3.05, 3.63) is 47.1 Å². The van der Waals surface area contributed by atoms with Crippen LogP contribution < -0.4 is 21.3 Å². The van der Waals surface area contributed by atoms with Crippen LogP contribution in [0.25, 0.3) is 11.0 Å². The number of halogens is 1. The third-order valence-electron chi connectivity index (χ3n) is 5.55. The number of hydrogen-bond acceptors (Lipinski definition) is 7. The highest BCUT2D eigenvalue weighted by Crippen LogP contribution is 2.27. The average Bonchev–Trinajstić information content (AvgIpc) is 2.79. The fraction of sp³-hybridized carbons (Fsp3) is 0.391. The molecule has 1 saturated heterocycles. The lowest BCUT2D eigenvalue weighted by molar-refractivity contribution is -0.117. The van der Waals surface area contributed by atoms with Crippen LogP contribution in [0.5, 0.6) is 0 Å². The van der Waals surface area contributed by atoms with E-state index in [4.69, 9.17) is 22.3 Å². The number of hydrogen-bond donors (Lipinski definition) is 3. The lowest BCUT2D eigenvalue weighted by Gasteiger charge is -2.36. The third kappa shape index (κ3) is 5.08. The van der Waals surface area contributed by atoms with Crippen LogP contribution in [0, 0.1) is 0 Å². The van der Waals surface area contributed by atoms with Crippen LogP contribution in [0.1, 0.15) is 31.9 Å². The monoisotopic (exact) mass is 453 g/mol. The largest absolute Gasteiger partial charge is 0.368 e. The van der Waals surface area contributed by atoms with Crippen molar-refractivity contribution >= 4 is 46.0 Å². The number of amides is 1. The highest BCUT2D eigenvalue weighted by molar-refractivity contribution is 6.30. The number of benzene rings is 1. The number of rotatable bonds is 7. The molecule has 2 aromatic heterocycles. The summed E-state index contributed by atoms with van der Waals surface area (Å²) in [5, 5.41) is 6.82. The first-order valence-electron chi connectivity index (χ1n) is 11.0. The lowest BCUT2D eigenvalue weighted by atomic mass is 10.1. The zero-order valence-electron chi connectivity index (χ0n) is 18.1. The SMILES string of the molecule is CCCCCc1ccc2nc(N)nc(N3CCNCC3C(=O)Nc3cccc(Cl)c3)c2n1. The van der Waals surface area contributed by atoms with Gasteiger partial charge in [0.25, 0.3) is 0 Å². The molecule has 9 heteroatoms. The van der Waals surface area contributed by atoms with Gasteiger partial charge in [0.2, 0.25) is 11.9 Å². The summed E-state index contributed by atoms with van der Waals surface area (Å²) in [6.45, 7) is 3.99. The number of unbranched alkanes of at least 4 members (excludes halogenated alkanes) is 2. The third-order valence-corrected chi connectivity index (χ3v) is 5.78. The van der Waals surface area contributed by atoms with Crippen molar-refractivity contribution in [2.24, 2.45) is 0 Å². The van der Waals surface area contributed by atoms with E-state index in [2.05, 4.69) is 27.5 Å². The minimum atomic E-state index is -0.481. The van der Waals surface area contributed by atoms with E-state index in [1.54, 1.807) is 18.2 Å². The molecule has 8 nitrogen and oxygen atoms in total. The Morgan fingerprint density at radius 1 is 1.25 bits per heavy atom. The molecular weight excluding hydrogens is 426 g/mol. The van der Waals surface area contributed by atoms with Crippen LogP contribution in [-0.4, -0.2) is 46.5 Å². The number of nitrogens with two attached hydrogens (primary N) is 1. The molecule has 4 rings (SSSR count). The molecule has 0 spiro atoms. The minimum absolute atomic E-state index is 0.149. The fourth-order valence-electron chi connectivity index (χ4n) is 3.94. The number of nitrogen functional groups attached to an aromatic ring is 1. The number of piperazine rings is 1. The number of aromatic nitrogens is 3. The molecule has 32 heavy (non-hydrogen) atoms. The van der Waals surface area contributed by atoms with Crippen LogP contribution in [0.3, 0.4) is 0 Å². The van der Waals surface area contributed by atoms with Crippen molar-refractivity contribution in [2.45, 2.75) is 38.6 Å². The minimum Gasteiger partial charge on any atom is -0.368 e. The summed E-state index contributed by atoms with van der Waals surface area (Å²) in [7, 11) is 0. The molecule has 0 aliphatic carbocycles. The van der Waals surface area contributed by atoms with Crippen LogP contribution in [0.2, 0.25) is 5.02 Å². The number of nitrogens with zero attached hydrogens (tertiary/aromatic N) is 4. The summed E-state index contributed by atoms with van der Waals surface area (Å²) in [6, 6.07) is 10.6. The second-order valence-corrected chi connectivity index (χ2v) is 8.38. The van der Waals surface area contributed by atoms with E-state index in [0.717, 1.165) is 37.9 Å². The summed E-state index contributed by atoms with van der Waals surface area (Å²) >= 11 is 6.07. The molecule has 1 unspecified atom stereocenters. The van der Waals surface area contributed by atoms with Crippen molar-refractivity contribution < 1.29 is 4.79 Å². The van der Waals surface area contributed by atoms with Gasteiger partial charge in [-0.25, -0.2) is 9.97 Å². The predicted octanol–water partition coefficient (Wildman–Crippen LogP) is 3.41. The first-order valence-corrected chi connectivity index (χ1v) is 11.4. The van der Waals surface area contributed by atoms with Gasteiger partial charge in [0.1, 0.15) is 11.6 Å². The standard InChI is InChI=1S/C23H28ClN7O/c1-2-3-4-7-16-9-10-18-20(27-16)21(30-23(25)29-18)31-12-11-26-14-19(31)22(32)28-17-8-5-6-15(24)13-17/h5-6,8-10,13,19,26H,2-4,7,11-12,14H2,1H3,(H,28,32)(H2,25,29,30). The summed E-state index contributed by atoms with van der Waals surface area (Å²) in [5.41, 5.74) is 9.02. The van der Waals surface area contributed by atoms with Gasteiger partial charge in [-0.2, -0.15) is 4.98 Å². The Balaban J connectivity index is 1.66. The number of nitrogens with one attached hydrogen (secondary N) is 2. The summed E-state index contributed by atoms with van der Waals surface area (Å²) in [5.74, 6) is 0.613. The highest BCUT2D eigenvalue weighted by Gasteiger charge is 2.31. The van der Waals surface area contributed by atoms with E-state index in [9.17, 15) is 4.79 Å². The summed E-state index contributed by atoms with van der Waals surface area (Å²) in [6.07, 6.45) is 4.29. The van der Waals surface area contributed by atoms with Gasteiger partial charge in [0, 0.05) is 36.0 Å². The predicted molar refractivity (Wildman–Crippen MR) is 129 cm³/mol. The zero-order valence-corrected chi connectivity index (χ0v) is 18.9. The van der Waals surface area contributed by atoms with Gasteiger partial charge in [0.05, 0.1) is 5.52 Å². The lowest BCUT2D eigenvalue weighted by Crippen LogP contribution is -2.57. The molecular formula is C23H28ClN7O. The Hall–Kier alpha value is -2.97. The first kappa shape index (κ1) is 22.2. The normalized spacial score (nSPS) is 16.3. The van der Waals surface area contributed by atoms with Crippen molar-refractivity contribution in [3.63, 3.8) is 0 Å². The Morgan fingerprint density at radius 3 is 2.94 bits per heavy atom. The van der Waals surface area contributed by atoms with Gasteiger partial charge in [-0.1, -0.05) is 37.4 Å². The molecule has 168 valence electrons. The number of aryl methyl sites for hydroxylation is 1. The van der Waals surface area contributed by atoms with Crippen LogP contribution in [0.4, 0.5) is 17.5 Å². The maximum atomic E-state index is 13.2. The van der Waals surface area contributed by atoms with Gasteiger partial charge < -0.3 is 21.3 Å². The molecule has 3 heterocycles. The number of anilines is 3. The molecule has 1 amide bonds. The quantitative estimate of drug-likeness (QED) is 0.470. The van der Waals surface area contributed by atoms with Gasteiger partial charge in [-0.15, -0.1) is 0 Å². The van der Waals surface area contributed by atoms with Crippen LogP contribution >= 0.6 is 11.6 Å². The van der Waals surface area contributed by atoms with Gasteiger partial charge in [-0.05, 0) is 43.2 Å². The molecule has 1 atom stereocenters. The molecule has 0 radical (unpaired) electrons. The molecule has 4 N–H and O–H groups in total. The van der Waals surface area contributed by atoms with Crippen molar-refractivity contribution in [2.75, 3.05) is 35.6 Å². The number of carbonyl (C=O) groups is 1. The van der Waals surface area contributed by atoms with Crippen LogP contribution in [-0.2, 0) is 11.2 Å². The number of fused-ring (bicyclic) bond motifs is 1. The summed E-state index contributed by atoms with van der Waals surface area (Å²) in [4.78, 5) is 28.9. The molecule has 0 saturated carbocycles. The van der Waals surface area contributed by atoms with Crippen molar-refractivity contribution in [3.8, 4) is 0 Å². The Morgan fingerprint density at radius 2 is 2.12 bits per heavy atom. The van der Waals surface area contributed by atoms with E-state index in [0.29, 0.717) is 40.7 Å². The average molecular weight is 454 g/mol. The molecule has 1 aliphatic heterocycles. The smallest absolute Gasteiger partial charge is 0.248 e. The van der Waals surface area contributed by atoms with E-state index < -0.39 is 6.04 Å². The maximum absolute atomic E-state index is 13.2. The Bertz CT molecular complexity index is 1110. The Labute approximate surface area is 192 Å².